The Labute approximate surface area is 133 Å². The maximum atomic E-state index is 12.1. The van der Waals surface area contributed by atoms with Crippen LogP contribution in [0.5, 0.6) is 0 Å². The molecule has 2 aromatic rings. The number of anilines is 1. The minimum atomic E-state index is -0.610. The van der Waals surface area contributed by atoms with Gasteiger partial charge in [-0.25, -0.2) is 4.79 Å². The van der Waals surface area contributed by atoms with Crippen LogP contribution in [0.3, 0.4) is 0 Å². The molecule has 2 rings (SSSR count). The molecule has 0 saturated carbocycles. The molecule has 22 heavy (non-hydrogen) atoms. The number of carbonyl (C=O) groups is 2. The Kier molecular flexibility index (Phi) is 4.83. The smallest absolute Gasteiger partial charge is 0.338 e. The molecule has 0 unspecified atom stereocenters. The number of nitrogens with two attached hydrogens (primary N) is 1. The summed E-state index contributed by atoms with van der Waals surface area (Å²) in [6, 6.07) is 9.94. The third-order valence-electron chi connectivity index (χ3n) is 3.25. The van der Waals surface area contributed by atoms with Crippen LogP contribution in [0.1, 0.15) is 31.8 Å². The Morgan fingerprint density at radius 3 is 2.50 bits per heavy atom. The second kappa shape index (κ2) is 6.62. The van der Waals surface area contributed by atoms with Crippen molar-refractivity contribution in [3.05, 3.63) is 63.7 Å². The first-order chi connectivity index (χ1) is 10.4. The minimum Gasteiger partial charge on any atom is -0.454 e. The topological polar surface area (TPSA) is 69.4 Å². The van der Waals surface area contributed by atoms with Gasteiger partial charge in [0, 0.05) is 5.56 Å². The molecule has 0 aromatic heterocycles. The van der Waals surface area contributed by atoms with Gasteiger partial charge in [-0.05, 0) is 37.6 Å². The lowest BCUT2D eigenvalue weighted by Gasteiger charge is -2.08. The van der Waals surface area contributed by atoms with E-state index in [0.717, 1.165) is 11.1 Å². The monoisotopic (exact) mass is 317 g/mol. The molecular weight excluding hydrogens is 302 g/mol. The van der Waals surface area contributed by atoms with Crippen molar-refractivity contribution in [2.45, 2.75) is 13.8 Å². The van der Waals surface area contributed by atoms with Crippen LogP contribution in [-0.2, 0) is 4.74 Å². The van der Waals surface area contributed by atoms with Crippen molar-refractivity contribution < 1.29 is 14.3 Å². The van der Waals surface area contributed by atoms with Crippen molar-refractivity contribution >= 4 is 29.0 Å². The van der Waals surface area contributed by atoms with Crippen molar-refractivity contribution in [1.82, 2.24) is 0 Å². The maximum Gasteiger partial charge on any atom is 0.338 e. The third kappa shape index (κ3) is 3.65. The SMILES string of the molecule is Cc1ccc(C(=O)COC(=O)c2ccc(Cl)c(N)c2)c(C)c1. The normalized spacial score (nSPS) is 10.3. The average Bonchev–Trinajstić information content (AvgIpc) is 2.47. The number of Topliss-reactive ketones (excluding diaryl/α,β-unsaturated/α-hetero) is 1. The number of halogens is 1. The van der Waals surface area contributed by atoms with Gasteiger partial charge in [-0.3, -0.25) is 4.79 Å². The number of ketones is 1. The molecule has 0 radical (unpaired) electrons. The molecule has 2 N–H and O–H groups in total. The van der Waals surface area contributed by atoms with E-state index < -0.39 is 5.97 Å². The second-order valence-corrected chi connectivity index (χ2v) is 5.46. The van der Waals surface area contributed by atoms with Crippen LogP contribution in [0.2, 0.25) is 5.02 Å². The van der Waals surface area contributed by atoms with E-state index >= 15 is 0 Å². The predicted octanol–water partition coefficient (Wildman–Crippen LogP) is 3.58. The summed E-state index contributed by atoms with van der Waals surface area (Å²) in [5.74, 6) is -0.853. The van der Waals surface area contributed by atoms with Crippen molar-refractivity contribution in [1.29, 1.82) is 0 Å². The first-order valence-corrected chi connectivity index (χ1v) is 7.09. The summed E-state index contributed by atoms with van der Waals surface area (Å²) in [6.07, 6.45) is 0. The Morgan fingerprint density at radius 1 is 1.14 bits per heavy atom. The van der Waals surface area contributed by atoms with Crippen LogP contribution in [0, 0.1) is 13.8 Å². The van der Waals surface area contributed by atoms with Gasteiger partial charge in [0.1, 0.15) is 0 Å². The number of ether oxygens (including phenoxy) is 1. The summed E-state index contributed by atoms with van der Waals surface area (Å²) in [5, 5.41) is 0.364. The van der Waals surface area contributed by atoms with Gasteiger partial charge in [0.2, 0.25) is 5.78 Å². The first kappa shape index (κ1) is 16.0. The van der Waals surface area contributed by atoms with Gasteiger partial charge < -0.3 is 10.5 Å². The van der Waals surface area contributed by atoms with Crippen molar-refractivity contribution in [2.24, 2.45) is 0 Å². The number of hydrogen-bond donors (Lipinski definition) is 1. The van der Waals surface area contributed by atoms with E-state index in [9.17, 15) is 9.59 Å². The highest BCUT2D eigenvalue weighted by atomic mass is 35.5. The Bertz CT molecular complexity index is 741. The van der Waals surface area contributed by atoms with Gasteiger partial charge >= 0.3 is 5.97 Å². The summed E-state index contributed by atoms with van der Waals surface area (Å²) in [7, 11) is 0. The zero-order chi connectivity index (χ0) is 16.3. The van der Waals surface area contributed by atoms with Crippen LogP contribution in [-0.4, -0.2) is 18.4 Å². The lowest BCUT2D eigenvalue weighted by Crippen LogP contribution is -2.15. The molecule has 0 fully saturated rings. The minimum absolute atomic E-state index is 0.243. The molecule has 0 saturated heterocycles. The van der Waals surface area contributed by atoms with Crippen LogP contribution >= 0.6 is 11.6 Å². The highest BCUT2D eigenvalue weighted by molar-refractivity contribution is 6.33. The fourth-order valence-corrected chi connectivity index (χ4v) is 2.21. The molecule has 0 atom stereocenters. The van der Waals surface area contributed by atoms with E-state index in [-0.39, 0.29) is 23.6 Å². The highest BCUT2D eigenvalue weighted by Gasteiger charge is 2.14. The summed E-state index contributed by atoms with van der Waals surface area (Å²) >= 11 is 5.79. The molecule has 114 valence electrons. The maximum absolute atomic E-state index is 12.1. The Hall–Kier alpha value is -2.33. The van der Waals surface area contributed by atoms with Crippen LogP contribution in [0.15, 0.2) is 36.4 Å². The number of rotatable bonds is 4. The fraction of sp³-hybridized carbons (Fsp3) is 0.176. The number of benzene rings is 2. The van der Waals surface area contributed by atoms with Crippen molar-refractivity contribution in [3.63, 3.8) is 0 Å². The van der Waals surface area contributed by atoms with Gasteiger partial charge in [0.25, 0.3) is 0 Å². The summed E-state index contributed by atoms with van der Waals surface area (Å²) in [4.78, 5) is 24.0. The second-order valence-electron chi connectivity index (χ2n) is 5.05. The Balaban J connectivity index is 2.04. The number of hydrogen-bond acceptors (Lipinski definition) is 4. The number of nitrogen functional groups attached to an aromatic ring is 1. The van der Waals surface area contributed by atoms with E-state index in [2.05, 4.69) is 0 Å². The van der Waals surface area contributed by atoms with E-state index in [1.54, 1.807) is 6.07 Å². The zero-order valence-corrected chi connectivity index (χ0v) is 13.1. The lowest BCUT2D eigenvalue weighted by atomic mass is 10.0. The first-order valence-electron chi connectivity index (χ1n) is 6.71. The van der Waals surface area contributed by atoms with Crippen LogP contribution < -0.4 is 5.73 Å². The molecule has 5 heteroatoms. The largest absolute Gasteiger partial charge is 0.454 e. The molecule has 0 amide bonds. The van der Waals surface area contributed by atoms with E-state index in [4.69, 9.17) is 22.1 Å². The van der Waals surface area contributed by atoms with Crippen LogP contribution in [0.25, 0.3) is 0 Å². The standard InChI is InChI=1S/C17H16ClNO3/c1-10-3-5-13(11(2)7-10)16(20)9-22-17(21)12-4-6-14(18)15(19)8-12/h3-8H,9,19H2,1-2H3. The van der Waals surface area contributed by atoms with Crippen LogP contribution in [0.4, 0.5) is 5.69 Å². The van der Waals surface area contributed by atoms with Gasteiger partial charge in [-0.1, -0.05) is 35.4 Å². The quantitative estimate of drug-likeness (QED) is 0.531. The molecule has 0 heterocycles. The summed E-state index contributed by atoms with van der Waals surface area (Å²) in [6.45, 7) is 3.49. The summed E-state index contributed by atoms with van der Waals surface area (Å²) < 4.78 is 5.04. The van der Waals surface area contributed by atoms with Crippen molar-refractivity contribution in [2.75, 3.05) is 12.3 Å². The third-order valence-corrected chi connectivity index (χ3v) is 3.59. The van der Waals surface area contributed by atoms with Gasteiger partial charge in [-0.15, -0.1) is 0 Å². The predicted molar refractivity (Wildman–Crippen MR) is 86.4 cm³/mol. The molecular formula is C17H16ClNO3. The average molecular weight is 318 g/mol. The van der Waals surface area contributed by atoms with Gasteiger partial charge in [0.05, 0.1) is 16.3 Å². The highest BCUT2D eigenvalue weighted by Crippen LogP contribution is 2.20. The fourth-order valence-electron chi connectivity index (χ4n) is 2.09. The van der Waals surface area contributed by atoms with E-state index in [1.165, 1.54) is 18.2 Å². The number of carbonyl (C=O) groups excluding carboxylic acids is 2. The molecule has 0 spiro atoms. The summed E-state index contributed by atoms with van der Waals surface area (Å²) in [5.41, 5.74) is 8.66. The van der Waals surface area contributed by atoms with E-state index in [1.807, 2.05) is 26.0 Å². The van der Waals surface area contributed by atoms with Gasteiger partial charge in [0.15, 0.2) is 6.61 Å². The molecule has 4 nitrogen and oxygen atoms in total. The number of esters is 1. The van der Waals surface area contributed by atoms with E-state index in [0.29, 0.717) is 10.6 Å². The number of aryl methyl sites for hydroxylation is 2. The van der Waals surface area contributed by atoms with Crippen molar-refractivity contribution in [3.8, 4) is 0 Å². The molecule has 0 aliphatic heterocycles. The molecule has 0 aliphatic carbocycles. The zero-order valence-electron chi connectivity index (χ0n) is 12.4. The Morgan fingerprint density at radius 2 is 1.86 bits per heavy atom. The molecule has 2 aromatic carbocycles. The van der Waals surface area contributed by atoms with Gasteiger partial charge in [-0.2, -0.15) is 0 Å². The molecule has 0 bridgehead atoms. The lowest BCUT2D eigenvalue weighted by molar-refractivity contribution is 0.0474. The molecule has 0 aliphatic rings.